The number of amides is 1. The van der Waals surface area contributed by atoms with E-state index in [-0.39, 0.29) is 18.7 Å². The number of nitrogens with zero attached hydrogens (tertiary/aromatic N) is 1. The number of likely N-dealkylation sites (N-methyl/N-ethyl adjacent to an activating group) is 1. The number of halogens is 2. The minimum absolute atomic E-state index is 0.266. The molecule has 2 aromatic rings. The molecule has 0 saturated heterocycles. The second-order valence-corrected chi connectivity index (χ2v) is 5.02. The van der Waals surface area contributed by atoms with E-state index < -0.39 is 17.5 Å². The first-order chi connectivity index (χ1) is 10.5. The van der Waals surface area contributed by atoms with Crippen LogP contribution < -0.4 is 4.74 Å². The van der Waals surface area contributed by atoms with Gasteiger partial charge in [0, 0.05) is 7.05 Å². The Bertz CT molecular complexity index is 673. The van der Waals surface area contributed by atoms with Gasteiger partial charge in [0.2, 0.25) is 0 Å². The minimum atomic E-state index is -0.738. The van der Waals surface area contributed by atoms with Crippen LogP contribution in [0.3, 0.4) is 0 Å². The molecule has 0 N–H and O–H groups in total. The molecule has 116 valence electrons. The molecule has 0 heterocycles. The third kappa shape index (κ3) is 4.04. The molecule has 2 aromatic carbocycles. The Morgan fingerprint density at radius 1 is 1.18 bits per heavy atom. The van der Waals surface area contributed by atoms with Gasteiger partial charge >= 0.3 is 0 Å². The summed E-state index contributed by atoms with van der Waals surface area (Å²) in [6, 6.07) is 10.4. The maximum absolute atomic E-state index is 13.6. The first-order valence-corrected chi connectivity index (χ1v) is 6.87. The van der Waals surface area contributed by atoms with Gasteiger partial charge in [-0.25, -0.2) is 8.78 Å². The summed E-state index contributed by atoms with van der Waals surface area (Å²) >= 11 is 0. The van der Waals surface area contributed by atoms with Crippen LogP contribution in [0.5, 0.6) is 5.75 Å². The van der Waals surface area contributed by atoms with E-state index in [1.807, 2.05) is 31.2 Å². The van der Waals surface area contributed by atoms with Crippen molar-refractivity contribution in [3.8, 4) is 5.75 Å². The number of hydrogen-bond donors (Lipinski definition) is 0. The van der Waals surface area contributed by atoms with Crippen LogP contribution in [-0.4, -0.2) is 31.0 Å². The largest absolute Gasteiger partial charge is 0.492 e. The number of carbonyl (C=O) groups excluding carboxylic acids is 1. The van der Waals surface area contributed by atoms with Crippen LogP contribution in [0.25, 0.3) is 0 Å². The van der Waals surface area contributed by atoms with Crippen LogP contribution >= 0.6 is 0 Å². The van der Waals surface area contributed by atoms with Gasteiger partial charge in [-0.15, -0.1) is 0 Å². The van der Waals surface area contributed by atoms with Crippen LogP contribution in [0.15, 0.2) is 42.5 Å². The highest BCUT2D eigenvalue weighted by atomic mass is 19.1. The summed E-state index contributed by atoms with van der Waals surface area (Å²) in [5, 5.41) is 0. The Labute approximate surface area is 128 Å². The number of benzene rings is 2. The van der Waals surface area contributed by atoms with E-state index in [0.29, 0.717) is 5.75 Å². The molecule has 0 radical (unpaired) electrons. The summed E-state index contributed by atoms with van der Waals surface area (Å²) in [5.74, 6) is -1.25. The smallest absolute Gasteiger partial charge is 0.256 e. The monoisotopic (exact) mass is 305 g/mol. The summed E-state index contributed by atoms with van der Waals surface area (Å²) in [6.07, 6.45) is 0. The first-order valence-electron chi connectivity index (χ1n) is 6.87. The van der Waals surface area contributed by atoms with Crippen LogP contribution in [0.2, 0.25) is 0 Å². The molecule has 0 aliphatic rings. The Kier molecular flexibility index (Phi) is 5.09. The highest BCUT2D eigenvalue weighted by Crippen LogP contribution is 2.14. The summed E-state index contributed by atoms with van der Waals surface area (Å²) in [4.78, 5) is 13.4. The SMILES string of the molecule is Cc1cccc(OCCN(C)C(=O)c2cc(F)ccc2F)c1. The molecule has 0 aliphatic carbocycles. The van der Waals surface area contributed by atoms with Crippen molar-refractivity contribution in [2.24, 2.45) is 0 Å². The second kappa shape index (κ2) is 7.02. The lowest BCUT2D eigenvalue weighted by Gasteiger charge is -2.18. The van der Waals surface area contributed by atoms with Crippen LogP contribution in [0, 0.1) is 18.6 Å². The van der Waals surface area contributed by atoms with Gasteiger partial charge in [0.25, 0.3) is 5.91 Å². The number of ether oxygens (including phenoxy) is 1. The van der Waals surface area contributed by atoms with Crippen molar-refractivity contribution in [3.05, 3.63) is 65.2 Å². The molecule has 0 unspecified atom stereocenters. The molecular weight excluding hydrogens is 288 g/mol. The van der Waals surface area contributed by atoms with E-state index in [0.717, 1.165) is 23.8 Å². The minimum Gasteiger partial charge on any atom is -0.492 e. The zero-order valence-electron chi connectivity index (χ0n) is 12.5. The third-order valence-corrected chi connectivity index (χ3v) is 3.19. The van der Waals surface area contributed by atoms with Crippen LogP contribution in [-0.2, 0) is 0 Å². The van der Waals surface area contributed by atoms with E-state index >= 15 is 0 Å². The molecule has 0 atom stereocenters. The fraction of sp³-hybridized carbons (Fsp3) is 0.235. The van der Waals surface area contributed by atoms with Crippen molar-refractivity contribution in [1.29, 1.82) is 0 Å². The number of aryl methyl sites for hydroxylation is 1. The highest BCUT2D eigenvalue weighted by molar-refractivity contribution is 5.94. The molecule has 0 fully saturated rings. The fourth-order valence-corrected chi connectivity index (χ4v) is 1.97. The number of rotatable bonds is 5. The van der Waals surface area contributed by atoms with Gasteiger partial charge in [0.15, 0.2) is 0 Å². The van der Waals surface area contributed by atoms with Gasteiger partial charge in [0.05, 0.1) is 12.1 Å². The summed E-state index contributed by atoms with van der Waals surface area (Å²) in [7, 11) is 1.52. The third-order valence-electron chi connectivity index (χ3n) is 3.19. The number of carbonyl (C=O) groups is 1. The average molecular weight is 305 g/mol. The number of hydrogen-bond acceptors (Lipinski definition) is 2. The molecule has 22 heavy (non-hydrogen) atoms. The van der Waals surface area contributed by atoms with E-state index in [1.54, 1.807) is 0 Å². The van der Waals surface area contributed by atoms with Crippen LogP contribution in [0.1, 0.15) is 15.9 Å². The van der Waals surface area contributed by atoms with Gasteiger partial charge in [-0.3, -0.25) is 4.79 Å². The fourth-order valence-electron chi connectivity index (χ4n) is 1.97. The standard InChI is InChI=1S/C17H17F2NO2/c1-12-4-3-5-14(10-12)22-9-8-20(2)17(21)15-11-13(18)6-7-16(15)19/h3-7,10-11H,8-9H2,1-2H3. The van der Waals surface area contributed by atoms with Crippen molar-refractivity contribution < 1.29 is 18.3 Å². The maximum Gasteiger partial charge on any atom is 0.256 e. The van der Waals surface area contributed by atoms with Crippen LogP contribution in [0.4, 0.5) is 8.78 Å². The molecule has 2 rings (SSSR count). The molecule has 1 amide bonds. The normalized spacial score (nSPS) is 10.4. The lowest BCUT2D eigenvalue weighted by molar-refractivity contribution is 0.0768. The molecule has 5 heteroatoms. The Morgan fingerprint density at radius 2 is 1.95 bits per heavy atom. The predicted molar refractivity (Wildman–Crippen MR) is 80.0 cm³/mol. The average Bonchev–Trinajstić information content (AvgIpc) is 2.49. The quantitative estimate of drug-likeness (QED) is 0.847. The first kappa shape index (κ1) is 15.9. The molecule has 0 bridgehead atoms. The second-order valence-electron chi connectivity index (χ2n) is 5.02. The summed E-state index contributed by atoms with van der Waals surface area (Å²) < 4.78 is 32.2. The Hall–Kier alpha value is -2.43. The van der Waals surface area contributed by atoms with E-state index in [1.165, 1.54) is 11.9 Å². The lowest BCUT2D eigenvalue weighted by atomic mass is 10.2. The van der Waals surface area contributed by atoms with E-state index in [4.69, 9.17) is 4.74 Å². The van der Waals surface area contributed by atoms with Gasteiger partial charge in [-0.2, -0.15) is 0 Å². The lowest BCUT2D eigenvalue weighted by Crippen LogP contribution is -2.31. The molecule has 0 saturated carbocycles. The molecule has 3 nitrogen and oxygen atoms in total. The molecule has 0 aliphatic heterocycles. The Balaban J connectivity index is 1.93. The predicted octanol–water partition coefficient (Wildman–Crippen LogP) is 3.42. The zero-order chi connectivity index (χ0) is 16.1. The van der Waals surface area contributed by atoms with Crippen molar-refractivity contribution in [3.63, 3.8) is 0 Å². The molecule has 0 spiro atoms. The van der Waals surface area contributed by atoms with Gasteiger partial charge < -0.3 is 9.64 Å². The van der Waals surface area contributed by atoms with Crippen molar-refractivity contribution >= 4 is 5.91 Å². The van der Waals surface area contributed by atoms with Gasteiger partial charge in [-0.1, -0.05) is 12.1 Å². The summed E-state index contributed by atoms with van der Waals surface area (Å²) in [6.45, 7) is 2.49. The molecular formula is C17H17F2NO2. The summed E-state index contributed by atoms with van der Waals surface area (Å²) in [5.41, 5.74) is 0.793. The van der Waals surface area contributed by atoms with E-state index in [2.05, 4.69) is 0 Å². The van der Waals surface area contributed by atoms with Crippen molar-refractivity contribution in [2.75, 3.05) is 20.2 Å². The van der Waals surface area contributed by atoms with Crippen molar-refractivity contribution in [1.82, 2.24) is 4.90 Å². The van der Waals surface area contributed by atoms with Gasteiger partial charge in [-0.05, 0) is 42.8 Å². The topological polar surface area (TPSA) is 29.5 Å². The zero-order valence-corrected chi connectivity index (χ0v) is 12.5. The molecule has 0 aromatic heterocycles. The maximum atomic E-state index is 13.6. The van der Waals surface area contributed by atoms with Gasteiger partial charge in [0.1, 0.15) is 24.0 Å². The Morgan fingerprint density at radius 3 is 2.68 bits per heavy atom. The van der Waals surface area contributed by atoms with E-state index in [9.17, 15) is 13.6 Å². The highest BCUT2D eigenvalue weighted by Gasteiger charge is 2.17. The van der Waals surface area contributed by atoms with Crippen molar-refractivity contribution in [2.45, 2.75) is 6.92 Å².